The number of allylic oxidation sites excluding steroid dienone is 1. The maximum Gasteiger partial charge on any atom is 0.413 e. The summed E-state index contributed by atoms with van der Waals surface area (Å²) in [5.74, 6) is -1.82. The Morgan fingerprint density at radius 3 is 2.18 bits per heavy atom. The van der Waals surface area contributed by atoms with E-state index in [1.165, 1.54) is 0 Å². The third kappa shape index (κ3) is 2.24. The molecule has 1 N–H and O–H groups in total. The van der Waals surface area contributed by atoms with E-state index in [9.17, 15) is 14.9 Å². The van der Waals surface area contributed by atoms with Crippen LogP contribution in [0.2, 0.25) is 0 Å². The number of nitro groups is 1. The maximum atomic E-state index is 10.5. The van der Waals surface area contributed by atoms with E-state index in [0.29, 0.717) is 0 Å². The molecule has 0 aliphatic carbocycles. The van der Waals surface area contributed by atoms with E-state index >= 15 is 0 Å². The maximum absolute atomic E-state index is 10.5. The summed E-state index contributed by atoms with van der Waals surface area (Å²) in [4.78, 5) is 19.5. The topological polar surface area (TPSA) is 89.7 Å². The summed E-state index contributed by atoms with van der Waals surface area (Å²) in [7, 11) is 0.995. The van der Waals surface area contributed by atoms with E-state index in [0.717, 1.165) is 14.0 Å². The van der Waals surface area contributed by atoms with Gasteiger partial charge in [0.1, 0.15) is 0 Å². The quantitative estimate of drug-likeness (QED) is 0.206. The molecule has 0 heterocycles. The van der Waals surface area contributed by atoms with Gasteiger partial charge in [0.25, 0.3) is 0 Å². The number of nitrogens with zero attached hydrogens (tertiary/aromatic N) is 1. The molecule has 62 valence electrons. The van der Waals surface area contributed by atoms with Gasteiger partial charge in [0.2, 0.25) is 0 Å². The number of rotatable bonds is 2. The first-order valence-electron chi connectivity index (χ1n) is 2.63. The summed E-state index contributed by atoms with van der Waals surface area (Å²) < 4.78 is 4.04. The van der Waals surface area contributed by atoms with E-state index in [1.807, 2.05) is 0 Å². The molecule has 0 aromatic rings. The second-order valence-corrected chi connectivity index (χ2v) is 1.68. The molecule has 0 spiro atoms. The Morgan fingerprint density at radius 2 is 2.09 bits per heavy atom. The van der Waals surface area contributed by atoms with Crippen LogP contribution in [0.5, 0.6) is 0 Å². The molecule has 6 heteroatoms. The molecule has 0 bridgehead atoms. The second-order valence-electron chi connectivity index (χ2n) is 1.68. The van der Waals surface area contributed by atoms with Crippen molar-refractivity contribution in [3.8, 4) is 0 Å². The zero-order chi connectivity index (χ0) is 9.02. The Bertz CT molecular complexity index is 215. The first-order chi connectivity index (χ1) is 5.00. The number of carbonyl (C=O) groups is 1. The van der Waals surface area contributed by atoms with Gasteiger partial charge in [0.05, 0.1) is 12.0 Å². The minimum absolute atomic E-state index is 0.665. The van der Waals surface area contributed by atoms with E-state index in [-0.39, 0.29) is 0 Å². The highest BCUT2D eigenvalue weighted by Crippen LogP contribution is 2.03. The van der Waals surface area contributed by atoms with Crippen LogP contribution in [0.15, 0.2) is 11.5 Å². The number of aliphatic hydroxyl groups excluding tert-OH is 1. The van der Waals surface area contributed by atoms with Crippen molar-refractivity contribution in [2.75, 3.05) is 7.11 Å². The molecule has 0 saturated carbocycles. The zero-order valence-electron chi connectivity index (χ0n) is 6.03. The van der Waals surface area contributed by atoms with Gasteiger partial charge in [-0.15, -0.1) is 0 Å². The van der Waals surface area contributed by atoms with E-state index in [2.05, 4.69) is 4.74 Å². The fraction of sp³-hybridized carbons (Fsp3) is 0.400. The Kier molecular flexibility index (Phi) is 3.03. The average molecular weight is 161 g/mol. The molecule has 0 atom stereocenters. The fourth-order valence-electron chi connectivity index (χ4n) is 0.451. The average Bonchev–Trinajstić information content (AvgIpc) is 1.85. The third-order valence-electron chi connectivity index (χ3n) is 0.904. The van der Waals surface area contributed by atoms with Crippen LogP contribution < -0.4 is 0 Å². The van der Waals surface area contributed by atoms with Crippen LogP contribution in [0, 0.1) is 10.1 Å². The Balaban J connectivity index is 4.79. The van der Waals surface area contributed by atoms with Crippen LogP contribution in [-0.2, 0) is 9.53 Å². The number of hydrogen-bond donors (Lipinski definition) is 1. The molecule has 0 amide bonds. The summed E-state index contributed by atoms with van der Waals surface area (Å²) in [6, 6.07) is 0. The number of hydrogen-bond acceptors (Lipinski definition) is 5. The van der Waals surface area contributed by atoms with E-state index in [1.54, 1.807) is 0 Å². The standard InChI is InChI=1S/C5H7NO5/c1-3(7)4(6(9)10)5(8)11-2/h7H,1-2H3/b4-3+. The highest BCUT2D eigenvalue weighted by molar-refractivity contribution is 5.85. The fourth-order valence-corrected chi connectivity index (χ4v) is 0.451. The van der Waals surface area contributed by atoms with Gasteiger partial charge in [-0.25, -0.2) is 4.79 Å². The summed E-state index contributed by atoms with van der Waals surface area (Å²) in [5, 5.41) is 18.6. The van der Waals surface area contributed by atoms with Crippen LogP contribution in [0.4, 0.5) is 0 Å². The van der Waals surface area contributed by atoms with Crippen LogP contribution in [0.3, 0.4) is 0 Å². The SMILES string of the molecule is COC(=O)/C(=C(/C)O)[N+](=O)[O-]. The van der Waals surface area contributed by atoms with E-state index in [4.69, 9.17) is 5.11 Å². The van der Waals surface area contributed by atoms with Crippen molar-refractivity contribution in [2.24, 2.45) is 0 Å². The van der Waals surface area contributed by atoms with Gasteiger partial charge in [-0.2, -0.15) is 0 Å². The molecule has 0 aromatic carbocycles. The lowest BCUT2D eigenvalue weighted by atomic mass is 10.4. The van der Waals surface area contributed by atoms with Gasteiger partial charge in [0, 0.05) is 6.92 Å². The monoisotopic (exact) mass is 161 g/mol. The minimum Gasteiger partial charge on any atom is -0.506 e. The molecule has 0 rings (SSSR count). The van der Waals surface area contributed by atoms with Crippen LogP contribution in [-0.4, -0.2) is 23.1 Å². The minimum atomic E-state index is -1.16. The van der Waals surface area contributed by atoms with Crippen LogP contribution in [0.1, 0.15) is 6.92 Å². The summed E-state index contributed by atoms with van der Waals surface area (Å²) in [6.45, 7) is 1.04. The lowest BCUT2D eigenvalue weighted by Gasteiger charge is -1.95. The molecule has 0 radical (unpaired) electrons. The number of ether oxygens (including phenoxy) is 1. The highest BCUT2D eigenvalue weighted by atomic mass is 16.6. The number of esters is 1. The summed E-state index contributed by atoms with van der Waals surface area (Å²) >= 11 is 0. The van der Waals surface area contributed by atoms with E-state index < -0.39 is 22.3 Å². The highest BCUT2D eigenvalue weighted by Gasteiger charge is 2.26. The van der Waals surface area contributed by atoms with Gasteiger partial charge in [0.15, 0.2) is 5.76 Å². The summed E-state index contributed by atoms with van der Waals surface area (Å²) in [6.07, 6.45) is 0. The van der Waals surface area contributed by atoms with Gasteiger partial charge in [-0.3, -0.25) is 10.1 Å². The molecule has 0 aromatic heterocycles. The van der Waals surface area contributed by atoms with Crippen molar-refractivity contribution in [1.82, 2.24) is 0 Å². The molecular formula is C5H7NO5. The lowest BCUT2D eigenvalue weighted by Crippen LogP contribution is -2.14. The van der Waals surface area contributed by atoms with Crippen LogP contribution in [0.25, 0.3) is 0 Å². The molecule has 0 fully saturated rings. The molecular weight excluding hydrogens is 154 g/mol. The predicted molar refractivity (Wildman–Crippen MR) is 34.3 cm³/mol. The predicted octanol–water partition coefficient (Wildman–Crippen LogP) is 0.226. The van der Waals surface area contributed by atoms with Crippen molar-refractivity contribution < 1.29 is 19.6 Å². The van der Waals surface area contributed by atoms with Crippen molar-refractivity contribution in [1.29, 1.82) is 0 Å². The Labute approximate surface area is 62.2 Å². The van der Waals surface area contributed by atoms with Gasteiger partial charge in [-0.05, 0) is 0 Å². The molecule has 6 nitrogen and oxygen atoms in total. The first-order valence-corrected chi connectivity index (χ1v) is 2.63. The first kappa shape index (κ1) is 9.41. The number of carbonyl (C=O) groups excluding carboxylic acids is 1. The van der Waals surface area contributed by atoms with Gasteiger partial charge in [-0.1, -0.05) is 0 Å². The van der Waals surface area contributed by atoms with Crippen molar-refractivity contribution in [3.05, 3.63) is 21.6 Å². The van der Waals surface area contributed by atoms with Gasteiger partial charge >= 0.3 is 11.7 Å². The largest absolute Gasteiger partial charge is 0.506 e. The zero-order valence-corrected chi connectivity index (χ0v) is 6.03. The number of aliphatic hydroxyl groups is 1. The third-order valence-corrected chi connectivity index (χ3v) is 0.904. The van der Waals surface area contributed by atoms with Crippen molar-refractivity contribution >= 4 is 5.97 Å². The normalized spacial score (nSPS) is 11.8. The van der Waals surface area contributed by atoms with Gasteiger partial charge < -0.3 is 9.84 Å². The Hall–Kier alpha value is -1.59. The second kappa shape index (κ2) is 3.55. The smallest absolute Gasteiger partial charge is 0.413 e. The number of methoxy groups -OCH3 is 1. The van der Waals surface area contributed by atoms with Crippen molar-refractivity contribution in [2.45, 2.75) is 6.92 Å². The Morgan fingerprint density at radius 1 is 1.64 bits per heavy atom. The lowest BCUT2D eigenvalue weighted by molar-refractivity contribution is -0.424. The molecule has 0 aliphatic rings. The molecule has 0 saturated heterocycles. The molecule has 0 aliphatic heterocycles. The van der Waals surface area contributed by atoms with Crippen LogP contribution >= 0.6 is 0 Å². The summed E-state index contributed by atoms with van der Waals surface area (Å²) in [5.41, 5.74) is -0.937. The molecule has 11 heavy (non-hydrogen) atoms. The molecule has 0 unspecified atom stereocenters. The van der Waals surface area contributed by atoms with Crippen molar-refractivity contribution in [3.63, 3.8) is 0 Å².